The number of carbonyl (C=O) groups is 1. The average molecular weight is 276 g/mol. The summed E-state index contributed by atoms with van der Waals surface area (Å²) in [6.45, 7) is 7.10. The first-order chi connectivity index (χ1) is 9.13. The highest BCUT2D eigenvalue weighted by molar-refractivity contribution is 8.00. The van der Waals surface area contributed by atoms with Crippen LogP contribution in [0.4, 0.5) is 5.69 Å². The minimum absolute atomic E-state index is 0.176. The molecule has 0 aliphatic carbocycles. The van der Waals surface area contributed by atoms with Crippen molar-refractivity contribution in [1.82, 2.24) is 4.90 Å². The molecule has 1 saturated heterocycles. The van der Waals surface area contributed by atoms with Crippen molar-refractivity contribution in [3.63, 3.8) is 0 Å². The van der Waals surface area contributed by atoms with Crippen LogP contribution in [0.1, 0.15) is 29.8 Å². The van der Waals surface area contributed by atoms with E-state index in [1.54, 1.807) is 0 Å². The van der Waals surface area contributed by atoms with Crippen LogP contribution in [0.2, 0.25) is 0 Å². The van der Waals surface area contributed by atoms with Crippen LogP contribution in [-0.4, -0.2) is 40.9 Å². The third kappa shape index (κ3) is 2.59. The van der Waals surface area contributed by atoms with Crippen LogP contribution in [-0.2, 0) is 6.42 Å². The van der Waals surface area contributed by atoms with E-state index in [1.165, 1.54) is 5.56 Å². The van der Waals surface area contributed by atoms with Gasteiger partial charge in [-0.25, -0.2) is 0 Å². The van der Waals surface area contributed by atoms with Crippen molar-refractivity contribution in [2.24, 2.45) is 0 Å². The molecule has 102 valence electrons. The third-order valence-corrected chi connectivity index (χ3v) is 5.00. The minimum Gasteiger partial charge on any atom is -0.384 e. The van der Waals surface area contributed by atoms with Crippen LogP contribution in [0.3, 0.4) is 0 Å². The number of thioether (sulfide) groups is 1. The van der Waals surface area contributed by atoms with E-state index >= 15 is 0 Å². The lowest BCUT2D eigenvalue weighted by Gasteiger charge is -2.34. The maximum absolute atomic E-state index is 12.6. The Morgan fingerprint density at radius 2 is 2.05 bits per heavy atom. The van der Waals surface area contributed by atoms with E-state index in [2.05, 4.69) is 25.2 Å². The van der Waals surface area contributed by atoms with Crippen LogP contribution < -0.4 is 5.32 Å². The van der Waals surface area contributed by atoms with Gasteiger partial charge in [-0.05, 0) is 24.1 Å². The normalized spacial score (nSPS) is 25.9. The zero-order valence-electron chi connectivity index (χ0n) is 11.5. The molecule has 2 unspecified atom stereocenters. The molecule has 0 radical (unpaired) electrons. The molecule has 0 bridgehead atoms. The molecule has 2 heterocycles. The SMILES string of the molecule is CC1CN(C(=O)c2ccc3c(c2)NCC3)CC(C)S1. The van der Waals surface area contributed by atoms with Gasteiger partial charge >= 0.3 is 0 Å². The Morgan fingerprint density at radius 3 is 2.79 bits per heavy atom. The van der Waals surface area contributed by atoms with Crippen molar-refractivity contribution in [2.75, 3.05) is 25.0 Å². The van der Waals surface area contributed by atoms with Crippen LogP contribution in [0, 0.1) is 0 Å². The number of amides is 1. The number of hydrogen-bond donors (Lipinski definition) is 1. The molecule has 0 spiro atoms. The van der Waals surface area contributed by atoms with Crippen molar-refractivity contribution >= 4 is 23.4 Å². The molecule has 1 amide bonds. The summed E-state index contributed by atoms with van der Waals surface area (Å²) in [6.07, 6.45) is 1.07. The van der Waals surface area contributed by atoms with Gasteiger partial charge in [0.05, 0.1) is 0 Å². The minimum atomic E-state index is 0.176. The smallest absolute Gasteiger partial charge is 0.254 e. The number of benzene rings is 1. The number of nitrogens with one attached hydrogen (secondary N) is 1. The number of anilines is 1. The van der Waals surface area contributed by atoms with Gasteiger partial charge in [0.2, 0.25) is 0 Å². The highest BCUT2D eigenvalue weighted by Crippen LogP contribution is 2.27. The summed E-state index contributed by atoms with van der Waals surface area (Å²) < 4.78 is 0. The molecule has 1 aromatic carbocycles. The van der Waals surface area contributed by atoms with Crippen LogP contribution in [0.15, 0.2) is 18.2 Å². The summed E-state index contributed by atoms with van der Waals surface area (Å²) in [7, 11) is 0. The van der Waals surface area contributed by atoms with Gasteiger partial charge < -0.3 is 10.2 Å². The van der Waals surface area contributed by atoms with E-state index in [-0.39, 0.29) is 5.91 Å². The van der Waals surface area contributed by atoms with Crippen molar-refractivity contribution in [3.8, 4) is 0 Å². The number of fused-ring (bicyclic) bond motifs is 1. The topological polar surface area (TPSA) is 32.3 Å². The van der Waals surface area contributed by atoms with Gasteiger partial charge in [0.15, 0.2) is 0 Å². The summed E-state index contributed by atoms with van der Waals surface area (Å²) >= 11 is 1.97. The maximum atomic E-state index is 12.6. The van der Waals surface area contributed by atoms with Gasteiger partial charge in [-0.3, -0.25) is 4.79 Å². The lowest BCUT2D eigenvalue weighted by atomic mass is 10.1. The zero-order chi connectivity index (χ0) is 13.4. The summed E-state index contributed by atoms with van der Waals surface area (Å²) in [6, 6.07) is 6.08. The van der Waals surface area contributed by atoms with Crippen molar-refractivity contribution in [3.05, 3.63) is 29.3 Å². The fraction of sp³-hybridized carbons (Fsp3) is 0.533. The molecular formula is C15H20N2OS. The first kappa shape index (κ1) is 12.9. The number of nitrogens with zero attached hydrogens (tertiary/aromatic N) is 1. The van der Waals surface area contributed by atoms with Crippen molar-refractivity contribution in [2.45, 2.75) is 30.8 Å². The van der Waals surface area contributed by atoms with E-state index in [1.807, 2.05) is 28.8 Å². The first-order valence-electron chi connectivity index (χ1n) is 6.95. The molecule has 1 fully saturated rings. The van der Waals surface area contributed by atoms with Crippen LogP contribution >= 0.6 is 11.8 Å². The van der Waals surface area contributed by atoms with Gasteiger partial charge in [-0.1, -0.05) is 19.9 Å². The molecule has 19 heavy (non-hydrogen) atoms. The second kappa shape index (κ2) is 5.08. The van der Waals surface area contributed by atoms with Gasteiger partial charge in [0.25, 0.3) is 5.91 Å². The summed E-state index contributed by atoms with van der Waals surface area (Å²) in [5, 5.41) is 4.40. The molecule has 3 rings (SSSR count). The zero-order valence-corrected chi connectivity index (χ0v) is 12.3. The number of carbonyl (C=O) groups excluding carboxylic acids is 1. The number of hydrogen-bond acceptors (Lipinski definition) is 3. The highest BCUT2D eigenvalue weighted by Gasteiger charge is 2.27. The highest BCUT2D eigenvalue weighted by atomic mass is 32.2. The van der Waals surface area contributed by atoms with E-state index in [0.29, 0.717) is 10.5 Å². The van der Waals surface area contributed by atoms with Gasteiger partial charge in [-0.15, -0.1) is 0 Å². The van der Waals surface area contributed by atoms with E-state index < -0.39 is 0 Å². The van der Waals surface area contributed by atoms with Crippen LogP contribution in [0.5, 0.6) is 0 Å². The molecule has 0 saturated carbocycles. The monoisotopic (exact) mass is 276 g/mol. The van der Waals surface area contributed by atoms with Crippen molar-refractivity contribution in [1.29, 1.82) is 0 Å². The molecule has 1 N–H and O–H groups in total. The fourth-order valence-corrected chi connectivity index (χ4v) is 4.28. The molecule has 1 aromatic rings. The van der Waals surface area contributed by atoms with E-state index in [4.69, 9.17) is 0 Å². The standard InChI is InChI=1S/C15H20N2OS/c1-10-8-17(9-11(2)19-10)15(18)13-4-3-12-5-6-16-14(12)7-13/h3-4,7,10-11,16H,5-6,8-9H2,1-2H3. The van der Waals surface area contributed by atoms with Crippen molar-refractivity contribution < 1.29 is 4.79 Å². The van der Waals surface area contributed by atoms with E-state index in [0.717, 1.165) is 37.3 Å². The Balaban J connectivity index is 1.80. The maximum Gasteiger partial charge on any atom is 0.254 e. The molecule has 0 aromatic heterocycles. The van der Waals surface area contributed by atoms with Gasteiger partial charge in [0.1, 0.15) is 0 Å². The molecule has 2 atom stereocenters. The Hall–Kier alpha value is -1.16. The van der Waals surface area contributed by atoms with Gasteiger partial charge in [-0.2, -0.15) is 11.8 Å². The lowest BCUT2D eigenvalue weighted by molar-refractivity contribution is 0.0753. The summed E-state index contributed by atoms with van der Waals surface area (Å²) in [5.74, 6) is 0.176. The first-order valence-corrected chi connectivity index (χ1v) is 7.89. The quantitative estimate of drug-likeness (QED) is 0.856. The molecular weight excluding hydrogens is 256 g/mol. The Kier molecular flexibility index (Phi) is 3.44. The fourth-order valence-electron chi connectivity index (χ4n) is 2.95. The van der Waals surface area contributed by atoms with E-state index in [9.17, 15) is 4.79 Å². The van der Waals surface area contributed by atoms with Gasteiger partial charge in [0, 0.05) is 41.4 Å². The predicted molar refractivity (Wildman–Crippen MR) is 81.1 cm³/mol. The average Bonchev–Trinajstić information content (AvgIpc) is 2.83. The predicted octanol–water partition coefficient (Wildman–Crippen LogP) is 2.62. The molecule has 2 aliphatic rings. The summed E-state index contributed by atoms with van der Waals surface area (Å²) in [5.41, 5.74) is 3.28. The molecule has 3 nitrogen and oxygen atoms in total. The second-order valence-electron chi connectivity index (χ2n) is 5.52. The molecule has 4 heteroatoms. The largest absolute Gasteiger partial charge is 0.384 e. The Labute approximate surface area is 118 Å². The summed E-state index contributed by atoms with van der Waals surface area (Å²) in [4.78, 5) is 14.6. The Bertz CT molecular complexity index is 493. The van der Waals surface area contributed by atoms with Crippen LogP contribution in [0.25, 0.3) is 0 Å². The lowest BCUT2D eigenvalue weighted by Crippen LogP contribution is -2.44. The number of rotatable bonds is 1. The third-order valence-electron chi connectivity index (χ3n) is 3.77. The molecule has 2 aliphatic heterocycles. The second-order valence-corrected chi connectivity index (χ2v) is 7.40. The Morgan fingerprint density at radius 1 is 1.32 bits per heavy atom.